The molecule has 0 spiro atoms. The fraction of sp³-hybridized carbons (Fsp3) is 0.633. The van der Waals surface area contributed by atoms with Gasteiger partial charge in [-0.15, -0.1) is 0 Å². The van der Waals surface area contributed by atoms with E-state index in [1.165, 1.54) is 77.0 Å². The Balaban J connectivity index is 4.34. The molecule has 9 nitrogen and oxygen atoms in total. The van der Waals surface area contributed by atoms with Gasteiger partial charge in [-0.3, -0.25) is 18.6 Å². The quantitative estimate of drug-likeness (QED) is 0.0267. The zero-order chi connectivity index (χ0) is 43.2. The molecule has 59 heavy (non-hydrogen) atoms. The standard InChI is InChI=1S/C49H82NO8P/c1-3-5-7-9-11-13-15-17-19-21-22-23-24-26-28-30-32-34-36-38-40-42-49(52)58-47(46-57-59(53,54)56-44-43-50)45-55-48(51)41-39-37-35-33-31-29-27-25-20-18-16-14-12-10-8-6-4-2/h12,14,18-21,23-24,27-30,33-36,47H,3-11,13,15-17,22,25-26,31-32,37-46,50H2,1-2H3,(H,53,54)/b14-12+,20-18+,21-19+,24-23+,29-27+,30-28+,35-33+,36-34+/t47-/m1/s1. The average molecular weight is 844 g/mol. The van der Waals surface area contributed by atoms with Crippen molar-refractivity contribution in [1.29, 1.82) is 0 Å². The first-order chi connectivity index (χ1) is 28.8. The predicted molar refractivity (Wildman–Crippen MR) is 247 cm³/mol. The van der Waals surface area contributed by atoms with Gasteiger partial charge in [0.05, 0.1) is 13.2 Å². The smallest absolute Gasteiger partial charge is 0.462 e. The van der Waals surface area contributed by atoms with Crippen LogP contribution in [0, 0.1) is 0 Å². The Bertz CT molecular complexity index is 1280. The minimum Gasteiger partial charge on any atom is -0.462 e. The van der Waals surface area contributed by atoms with Crippen molar-refractivity contribution in [2.24, 2.45) is 5.73 Å². The number of rotatable bonds is 41. The van der Waals surface area contributed by atoms with E-state index < -0.39 is 32.5 Å². The van der Waals surface area contributed by atoms with E-state index in [2.05, 4.69) is 98.9 Å². The molecule has 1 unspecified atom stereocenters. The lowest BCUT2D eigenvalue weighted by Crippen LogP contribution is -2.29. The van der Waals surface area contributed by atoms with Crippen LogP contribution in [0.1, 0.15) is 168 Å². The van der Waals surface area contributed by atoms with E-state index in [4.69, 9.17) is 24.3 Å². The Morgan fingerprint density at radius 3 is 1.34 bits per heavy atom. The van der Waals surface area contributed by atoms with E-state index in [1.54, 1.807) is 0 Å². The molecule has 0 aromatic heterocycles. The van der Waals surface area contributed by atoms with Crippen molar-refractivity contribution >= 4 is 19.8 Å². The van der Waals surface area contributed by atoms with Crippen molar-refractivity contribution in [3.63, 3.8) is 0 Å². The van der Waals surface area contributed by atoms with Crippen LogP contribution in [0.4, 0.5) is 0 Å². The number of nitrogens with two attached hydrogens (primary N) is 1. The van der Waals surface area contributed by atoms with Gasteiger partial charge in [0, 0.05) is 19.4 Å². The minimum atomic E-state index is -4.41. The van der Waals surface area contributed by atoms with Crippen LogP contribution < -0.4 is 5.73 Å². The van der Waals surface area contributed by atoms with Crippen molar-refractivity contribution in [3.05, 3.63) is 97.2 Å². The molecule has 0 aliphatic rings. The Labute approximate surface area is 359 Å². The molecule has 0 fully saturated rings. The van der Waals surface area contributed by atoms with Crippen molar-refractivity contribution in [1.82, 2.24) is 0 Å². The molecule has 0 aliphatic heterocycles. The first-order valence-corrected chi connectivity index (χ1v) is 24.2. The van der Waals surface area contributed by atoms with E-state index >= 15 is 0 Å². The highest BCUT2D eigenvalue weighted by Crippen LogP contribution is 2.43. The van der Waals surface area contributed by atoms with Crippen LogP contribution in [0.2, 0.25) is 0 Å². The third kappa shape index (κ3) is 44.3. The van der Waals surface area contributed by atoms with Gasteiger partial charge in [-0.05, 0) is 89.9 Å². The van der Waals surface area contributed by atoms with Gasteiger partial charge in [0.25, 0.3) is 0 Å². The Morgan fingerprint density at radius 2 is 0.881 bits per heavy atom. The first-order valence-electron chi connectivity index (χ1n) is 22.7. The molecule has 0 saturated heterocycles. The molecule has 0 radical (unpaired) electrons. The minimum absolute atomic E-state index is 0.0323. The summed E-state index contributed by atoms with van der Waals surface area (Å²) in [5.41, 5.74) is 5.34. The lowest BCUT2D eigenvalue weighted by atomic mass is 10.1. The average Bonchev–Trinajstić information content (AvgIpc) is 3.22. The van der Waals surface area contributed by atoms with Crippen LogP contribution >= 0.6 is 7.82 Å². The van der Waals surface area contributed by atoms with Crippen LogP contribution in [-0.2, 0) is 32.7 Å². The summed E-state index contributed by atoms with van der Waals surface area (Å²) in [7, 11) is -4.41. The third-order valence-electron chi connectivity index (χ3n) is 8.94. The topological polar surface area (TPSA) is 134 Å². The molecule has 0 saturated carbocycles. The van der Waals surface area contributed by atoms with Crippen molar-refractivity contribution in [2.75, 3.05) is 26.4 Å². The van der Waals surface area contributed by atoms with E-state index in [-0.39, 0.29) is 32.6 Å². The van der Waals surface area contributed by atoms with Crippen molar-refractivity contribution < 1.29 is 37.6 Å². The van der Waals surface area contributed by atoms with E-state index in [0.717, 1.165) is 44.9 Å². The van der Waals surface area contributed by atoms with Gasteiger partial charge in [0.2, 0.25) is 0 Å². The molecule has 0 bridgehead atoms. The van der Waals surface area contributed by atoms with Crippen molar-refractivity contribution in [3.8, 4) is 0 Å². The molecule has 10 heteroatoms. The highest BCUT2D eigenvalue weighted by molar-refractivity contribution is 7.47. The predicted octanol–water partition coefficient (Wildman–Crippen LogP) is 13.4. The molecule has 336 valence electrons. The SMILES string of the molecule is CCCCC/C=C/C/C=C/C/C=C/C/C=C/CCCC(=O)OC[C@H](COP(=O)(O)OCCN)OC(=O)CCC/C=C/C/C=C/C/C=C/C/C=C/CCCCCCCCC. The lowest BCUT2D eigenvalue weighted by Gasteiger charge is -2.19. The summed E-state index contributed by atoms with van der Waals surface area (Å²) in [6.07, 6.45) is 57.4. The van der Waals surface area contributed by atoms with Gasteiger partial charge in [0.1, 0.15) is 6.61 Å². The molecule has 0 aromatic carbocycles. The Hall–Kier alpha value is -3.07. The molecule has 0 amide bonds. The molecule has 0 aliphatic carbocycles. The number of hydrogen-bond acceptors (Lipinski definition) is 8. The maximum absolute atomic E-state index is 12.6. The summed E-state index contributed by atoms with van der Waals surface area (Å²) in [6, 6.07) is 0. The van der Waals surface area contributed by atoms with Gasteiger partial charge >= 0.3 is 19.8 Å². The molecule has 0 aromatic rings. The fourth-order valence-corrected chi connectivity index (χ4v) is 6.32. The number of allylic oxidation sites excluding steroid dienone is 16. The zero-order valence-corrected chi connectivity index (χ0v) is 37.8. The fourth-order valence-electron chi connectivity index (χ4n) is 5.56. The third-order valence-corrected chi connectivity index (χ3v) is 9.93. The molecule has 0 rings (SSSR count). The number of esters is 2. The number of phosphoric acid groups is 1. The van der Waals surface area contributed by atoms with Gasteiger partial charge in [-0.2, -0.15) is 0 Å². The number of hydrogen-bond donors (Lipinski definition) is 2. The van der Waals surface area contributed by atoms with Crippen LogP contribution in [0.5, 0.6) is 0 Å². The number of ether oxygens (including phenoxy) is 2. The second-order valence-corrected chi connectivity index (χ2v) is 16.0. The van der Waals surface area contributed by atoms with E-state index in [9.17, 15) is 19.0 Å². The molecular formula is C49H82NO8P. The van der Waals surface area contributed by atoms with Gasteiger partial charge in [0.15, 0.2) is 6.10 Å². The number of unbranched alkanes of at least 4 members (excludes halogenated alkanes) is 12. The summed E-state index contributed by atoms with van der Waals surface area (Å²) in [4.78, 5) is 34.9. The summed E-state index contributed by atoms with van der Waals surface area (Å²) in [5.74, 6) is -0.969. The molecular weight excluding hydrogens is 762 g/mol. The maximum atomic E-state index is 12.6. The molecule has 0 heterocycles. The van der Waals surface area contributed by atoms with Crippen LogP contribution in [0.25, 0.3) is 0 Å². The number of phosphoric ester groups is 1. The largest absolute Gasteiger partial charge is 0.472 e. The number of carbonyl (C=O) groups is 2. The normalized spacial score (nSPS) is 14.2. The second kappa shape index (κ2) is 44.5. The summed E-state index contributed by atoms with van der Waals surface area (Å²) >= 11 is 0. The van der Waals surface area contributed by atoms with Crippen LogP contribution in [0.15, 0.2) is 97.2 Å². The van der Waals surface area contributed by atoms with Crippen LogP contribution in [0.3, 0.4) is 0 Å². The zero-order valence-electron chi connectivity index (χ0n) is 36.9. The van der Waals surface area contributed by atoms with Crippen LogP contribution in [-0.4, -0.2) is 49.3 Å². The van der Waals surface area contributed by atoms with E-state index in [1.807, 2.05) is 12.2 Å². The Kier molecular flexibility index (Phi) is 42.2. The number of carbonyl (C=O) groups excluding carboxylic acids is 2. The summed E-state index contributed by atoms with van der Waals surface area (Å²) < 4.78 is 32.7. The van der Waals surface area contributed by atoms with Gasteiger partial charge < -0.3 is 20.1 Å². The van der Waals surface area contributed by atoms with Crippen molar-refractivity contribution in [2.45, 2.75) is 174 Å². The maximum Gasteiger partial charge on any atom is 0.472 e. The second-order valence-electron chi connectivity index (χ2n) is 14.6. The van der Waals surface area contributed by atoms with E-state index in [0.29, 0.717) is 19.3 Å². The monoisotopic (exact) mass is 844 g/mol. The molecule has 3 N–H and O–H groups in total. The summed E-state index contributed by atoms with van der Waals surface area (Å²) in [5, 5.41) is 0. The summed E-state index contributed by atoms with van der Waals surface area (Å²) in [6.45, 7) is 3.56. The molecule has 2 atom stereocenters. The van der Waals surface area contributed by atoms with Gasteiger partial charge in [-0.25, -0.2) is 4.57 Å². The highest BCUT2D eigenvalue weighted by atomic mass is 31.2. The Morgan fingerprint density at radius 1 is 0.508 bits per heavy atom. The van der Waals surface area contributed by atoms with Gasteiger partial charge in [-0.1, -0.05) is 162 Å². The lowest BCUT2D eigenvalue weighted by molar-refractivity contribution is -0.161. The highest BCUT2D eigenvalue weighted by Gasteiger charge is 2.25. The first kappa shape index (κ1) is 55.9.